The molecular formula is C15H20BrNO2. The van der Waals surface area contributed by atoms with Crippen LogP contribution in [-0.2, 0) is 4.74 Å². The highest BCUT2D eigenvalue weighted by atomic mass is 79.9. The number of nitrogens with two attached hydrogens (primary N) is 1. The SMILES string of the molecule is CCC1CC2(CCO1)C[C@@H](N)c1ccc(Br)cc1O2. The predicted octanol–water partition coefficient (Wildman–Crippen LogP) is 3.56. The summed E-state index contributed by atoms with van der Waals surface area (Å²) in [6.45, 7) is 2.94. The summed E-state index contributed by atoms with van der Waals surface area (Å²) in [5.41, 5.74) is 7.34. The Kier molecular flexibility index (Phi) is 3.58. The van der Waals surface area contributed by atoms with Crippen LogP contribution in [0.3, 0.4) is 0 Å². The van der Waals surface area contributed by atoms with Crippen molar-refractivity contribution in [3.8, 4) is 5.75 Å². The number of hydrogen-bond donors (Lipinski definition) is 1. The Hall–Kier alpha value is -0.580. The zero-order valence-corrected chi connectivity index (χ0v) is 12.8. The molecule has 104 valence electrons. The monoisotopic (exact) mass is 325 g/mol. The molecule has 4 heteroatoms. The molecule has 2 unspecified atom stereocenters. The van der Waals surface area contributed by atoms with Crippen LogP contribution >= 0.6 is 15.9 Å². The highest BCUT2D eigenvalue weighted by molar-refractivity contribution is 9.10. The molecular weight excluding hydrogens is 306 g/mol. The summed E-state index contributed by atoms with van der Waals surface area (Å²) >= 11 is 3.50. The molecule has 0 aliphatic carbocycles. The predicted molar refractivity (Wildman–Crippen MR) is 78.3 cm³/mol. The molecule has 0 radical (unpaired) electrons. The minimum absolute atomic E-state index is 0.0625. The molecule has 1 aromatic rings. The van der Waals surface area contributed by atoms with Crippen LogP contribution in [0.5, 0.6) is 5.75 Å². The first-order valence-electron chi connectivity index (χ1n) is 6.97. The van der Waals surface area contributed by atoms with Gasteiger partial charge in [-0.25, -0.2) is 0 Å². The molecule has 3 nitrogen and oxygen atoms in total. The number of rotatable bonds is 1. The Morgan fingerprint density at radius 2 is 2.26 bits per heavy atom. The minimum Gasteiger partial charge on any atom is -0.487 e. The molecule has 1 saturated heterocycles. The van der Waals surface area contributed by atoms with Crippen LogP contribution in [0.1, 0.15) is 44.2 Å². The standard InChI is InChI=1S/C15H20BrNO2/c1-2-11-8-15(5-6-18-11)9-13(17)12-4-3-10(16)7-14(12)19-15/h3-4,7,11,13H,2,5-6,8-9,17H2,1H3/t11?,13-,15?/m1/s1. The minimum atomic E-state index is -0.133. The van der Waals surface area contributed by atoms with Gasteiger partial charge in [0.05, 0.1) is 12.7 Å². The molecule has 1 fully saturated rings. The summed E-state index contributed by atoms with van der Waals surface area (Å²) in [6.07, 6.45) is 4.11. The highest BCUT2D eigenvalue weighted by Crippen LogP contribution is 2.45. The molecule has 19 heavy (non-hydrogen) atoms. The maximum absolute atomic E-state index is 6.35. The maximum Gasteiger partial charge on any atom is 0.126 e. The Balaban J connectivity index is 1.90. The van der Waals surface area contributed by atoms with Gasteiger partial charge in [0.15, 0.2) is 0 Å². The van der Waals surface area contributed by atoms with Gasteiger partial charge in [0.25, 0.3) is 0 Å². The smallest absolute Gasteiger partial charge is 0.126 e. The first kappa shape index (κ1) is 13.4. The van der Waals surface area contributed by atoms with Crippen LogP contribution in [-0.4, -0.2) is 18.3 Å². The van der Waals surface area contributed by atoms with E-state index in [0.29, 0.717) is 6.10 Å². The lowest BCUT2D eigenvalue weighted by molar-refractivity contribution is -0.102. The second-order valence-corrected chi connectivity index (χ2v) is 6.55. The molecule has 2 N–H and O–H groups in total. The van der Waals surface area contributed by atoms with Crippen LogP contribution < -0.4 is 10.5 Å². The number of halogens is 1. The summed E-state index contributed by atoms with van der Waals surface area (Å²) in [5.74, 6) is 0.935. The van der Waals surface area contributed by atoms with Crippen LogP contribution in [0.4, 0.5) is 0 Å². The average molecular weight is 326 g/mol. The Morgan fingerprint density at radius 3 is 3.05 bits per heavy atom. The summed E-state index contributed by atoms with van der Waals surface area (Å²) in [7, 11) is 0. The zero-order valence-electron chi connectivity index (χ0n) is 11.2. The van der Waals surface area contributed by atoms with Crippen molar-refractivity contribution in [3.63, 3.8) is 0 Å². The fourth-order valence-corrected chi connectivity index (χ4v) is 3.56. The summed E-state index contributed by atoms with van der Waals surface area (Å²) in [6, 6.07) is 6.19. The van der Waals surface area contributed by atoms with Gasteiger partial charge in [-0.2, -0.15) is 0 Å². The van der Waals surface area contributed by atoms with Crippen molar-refractivity contribution in [2.24, 2.45) is 5.73 Å². The summed E-state index contributed by atoms with van der Waals surface area (Å²) in [4.78, 5) is 0. The topological polar surface area (TPSA) is 44.5 Å². The highest BCUT2D eigenvalue weighted by Gasteiger charge is 2.43. The van der Waals surface area contributed by atoms with Crippen molar-refractivity contribution in [1.82, 2.24) is 0 Å². The molecule has 0 amide bonds. The van der Waals surface area contributed by atoms with E-state index in [1.807, 2.05) is 12.1 Å². The van der Waals surface area contributed by atoms with Crippen molar-refractivity contribution >= 4 is 15.9 Å². The molecule has 0 saturated carbocycles. The third-order valence-electron chi connectivity index (χ3n) is 4.26. The third kappa shape index (κ3) is 2.54. The Bertz CT molecular complexity index is 479. The van der Waals surface area contributed by atoms with E-state index in [1.165, 1.54) is 0 Å². The largest absolute Gasteiger partial charge is 0.487 e. The second-order valence-electron chi connectivity index (χ2n) is 5.63. The van der Waals surface area contributed by atoms with Gasteiger partial charge in [-0.3, -0.25) is 0 Å². The molecule has 0 bridgehead atoms. The zero-order chi connectivity index (χ0) is 13.5. The fourth-order valence-electron chi connectivity index (χ4n) is 3.22. The third-order valence-corrected chi connectivity index (χ3v) is 4.75. The van der Waals surface area contributed by atoms with Crippen molar-refractivity contribution < 1.29 is 9.47 Å². The first-order chi connectivity index (χ1) is 9.12. The second kappa shape index (κ2) is 5.08. The van der Waals surface area contributed by atoms with Gasteiger partial charge < -0.3 is 15.2 Å². The van der Waals surface area contributed by atoms with Crippen LogP contribution in [0, 0.1) is 0 Å². The molecule has 0 aromatic heterocycles. The van der Waals surface area contributed by atoms with E-state index in [9.17, 15) is 0 Å². The molecule has 2 aliphatic rings. The van der Waals surface area contributed by atoms with E-state index in [4.69, 9.17) is 15.2 Å². The van der Waals surface area contributed by atoms with Gasteiger partial charge in [0, 0.05) is 35.3 Å². The van der Waals surface area contributed by atoms with Crippen LogP contribution in [0.2, 0.25) is 0 Å². The van der Waals surface area contributed by atoms with Crippen LogP contribution in [0.15, 0.2) is 22.7 Å². The van der Waals surface area contributed by atoms with Crippen molar-refractivity contribution in [1.29, 1.82) is 0 Å². The first-order valence-corrected chi connectivity index (χ1v) is 7.77. The lowest BCUT2D eigenvalue weighted by atomic mass is 9.80. The van der Waals surface area contributed by atoms with E-state index in [1.54, 1.807) is 0 Å². The quantitative estimate of drug-likeness (QED) is 0.858. The van der Waals surface area contributed by atoms with Crippen molar-refractivity contribution in [2.75, 3.05) is 6.61 Å². The molecule has 1 aromatic carbocycles. The molecule has 1 spiro atoms. The van der Waals surface area contributed by atoms with E-state index in [0.717, 1.165) is 48.1 Å². The molecule has 2 heterocycles. The van der Waals surface area contributed by atoms with Crippen molar-refractivity contribution in [2.45, 2.75) is 50.4 Å². The lowest BCUT2D eigenvalue weighted by Crippen LogP contribution is -2.49. The van der Waals surface area contributed by atoms with E-state index in [2.05, 4.69) is 28.9 Å². The fraction of sp³-hybridized carbons (Fsp3) is 0.600. The van der Waals surface area contributed by atoms with Gasteiger partial charge in [-0.15, -0.1) is 0 Å². The summed E-state index contributed by atoms with van der Waals surface area (Å²) in [5, 5.41) is 0. The Labute approximate surface area is 122 Å². The van der Waals surface area contributed by atoms with Gasteiger partial charge in [0.1, 0.15) is 11.4 Å². The molecule has 3 atom stereocenters. The average Bonchev–Trinajstić information content (AvgIpc) is 2.38. The maximum atomic E-state index is 6.35. The number of fused-ring (bicyclic) bond motifs is 1. The summed E-state index contributed by atoms with van der Waals surface area (Å²) < 4.78 is 13.2. The number of ether oxygens (including phenoxy) is 2. The van der Waals surface area contributed by atoms with Gasteiger partial charge in [-0.1, -0.05) is 28.9 Å². The van der Waals surface area contributed by atoms with Crippen LogP contribution in [0.25, 0.3) is 0 Å². The van der Waals surface area contributed by atoms with Gasteiger partial charge in [-0.05, 0) is 18.6 Å². The van der Waals surface area contributed by atoms with E-state index < -0.39 is 0 Å². The number of benzene rings is 1. The van der Waals surface area contributed by atoms with Gasteiger partial charge >= 0.3 is 0 Å². The van der Waals surface area contributed by atoms with Crippen molar-refractivity contribution in [3.05, 3.63) is 28.2 Å². The normalized spacial score (nSPS) is 33.8. The van der Waals surface area contributed by atoms with E-state index in [-0.39, 0.29) is 11.6 Å². The van der Waals surface area contributed by atoms with E-state index >= 15 is 0 Å². The molecule has 3 rings (SSSR count). The molecule has 2 aliphatic heterocycles. The lowest BCUT2D eigenvalue weighted by Gasteiger charge is -2.45. The Morgan fingerprint density at radius 1 is 1.42 bits per heavy atom. The number of hydrogen-bond acceptors (Lipinski definition) is 3. The van der Waals surface area contributed by atoms with Gasteiger partial charge in [0.2, 0.25) is 0 Å².